The summed E-state index contributed by atoms with van der Waals surface area (Å²) in [5.74, 6) is -1.39. The van der Waals surface area contributed by atoms with Crippen molar-refractivity contribution in [1.29, 1.82) is 0 Å². The fraction of sp³-hybridized carbons (Fsp3) is 0.385. The van der Waals surface area contributed by atoms with Gasteiger partial charge in [-0.25, -0.2) is 4.79 Å². The molecule has 19 heavy (non-hydrogen) atoms. The lowest BCUT2D eigenvalue weighted by Gasteiger charge is -2.27. The molecular weight excluding hydrogens is 312 g/mol. The van der Waals surface area contributed by atoms with E-state index in [1.54, 1.807) is 23.1 Å². The third-order valence-electron chi connectivity index (χ3n) is 3.49. The van der Waals surface area contributed by atoms with Crippen LogP contribution in [0.4, 0.5) is 5.69 Å². The number of anilines is 1. The Hall–Kier alpha value is -1.56. The number of carbonyl (C=O) groups excluding carboxylic acids is 1. The van der Waals surface area contributed by atoms with Crippen molar-refractivity contribution < 1.29 is 14.7 Å². The van der Waals surface area contributed by atoms with Gasteiger partial charge in [0, 0.05) is 11.0 Å². The predicted molar refractivity (Wildman–Crippen MR) is 75.2 cm³/mol. The molecule has 1 aromatic carbocycles. The van der Waals surface area contributed by atoms with E-state index in [4.69, 9.17) is 5.73 Å². The van der Waals surface area contributed by atoms with Crippen LogP contribution in [0.15, 0.2) is 22.7 Å². The Bertz CT molecular complexity index is 533. The standard InChI is InChI=1S/C13H15BrN2O3/c1-7-4-5-16(11(7)13(18)19)10-6-8(14)2-3-9(10)12(15)17/h2-3,6-7,11H,4-5H2,1H3,(H2,15,17)(H,18,19). The first kappa shape index (κ1) is 13.9. The van der Waals surface area contributed by atoms with E-state index in [-0.39, 0.29) is 5.92 Å². The van der Waals surface area contributed by atoms with Crippen molar-refractivity contribution >= 4 is 33.5 Å². The Labute approximate surface area is 119 Å². The van der Waals surface area contributed by atoms with E-state index in [0.717, 1.165) is 10.9 Å². The molecule has 1 fully saturated rings. The first-order valence-electron chi connectivity index (χ1n) is 6.00. The van der Waals surface area contributed by atoms with Gasteiger partial charge in [0.25, 0.3) is 5.91 Å². The Morgan fingerprint density at radius 3 is 2.74 bits per heavy atom. The SMILES string of the molecule is CC1CCN(c2cc(Br)ccc2C(N)=O)C1C(=O)O. The summed E-state index contributed by atoms with van der Waals surface area (Å²) >= 11 is 3.34. The minimum absolute atomic E-state index is 0.0391. The van der Waals surface area contributed by atoms with Gasteiger partial charge in [-0.15, -0.1) is 0 Å². The smallest absolute Gasteiger partial charge is 0.326 e. The maximum Gasteiger partial charge on any atom is 0.326 e. The Morgan fingerprint density at radius 1 is 1.47 bits per heavy atom. The number of benzene rings is 1. The summed E-state index contributed by atoms with van der Waals surface area (Å²) in [4.78, 5) is 24.6. The van der Waals surface area contributed by atoms with E-state index in [0.29, 0.717) is 17.8 Å². The Balaban J connectivity index is 2.48. The molecule has 0 aliphatic carbocycles. The van der Waals surface area contributed by atoms with Gasteiger partial charge in [-0.05, 0) is 30.5 Å². The second-order valence-corrected chi connectivity index (χ2v) is 5.68. The minimum Gasteiger partial charge on any atom is -0.480 e. The summed E-state index contributed by atoms with van der Waals surface area (Å²) in [6.45, 7) is 2.51. The molecule has 0 bridgehead atoms. The second kappa shape index (κ2) is 5.21. The van der Waals surface area contributed by atoms with Crippen molar-refractivity contribution in [2.24, 2.45) is 11.7 Å². The number of primary amides is 1. The number of rotatable bonds is 3. The van der Waals surface area contributed by atoms with Crippen LogP contribution in [-0.2, 0) is 4.79 Å². The summed E-state index contributed by atoms with van der Waals surface area (Å²) in [6.07, 6.45) is 0.779. The second-order valence-electron chi connectivity index (χ2n) is 4.77. The van der Waals surface area contributed by atoms with Crippen LogP contribution in [0.2, 0.25) is 0 Å². The fourth-order valence-corrected chi connectivity index (χ4v) is 2.89. The van der Waals surface area contributed by atoms with Crippen LogP contribution in [-0.4, -0.2) is 29.6 Å². The molecule has 3 N–H and O–H groups in total. The molecule has 2 atom stereocenters. The predicted octanol–water partition coefficient (Wildman–Crippen LogP) is 1.85. The van der Waals surface area contributed by atoms with Crippen molar-refractivity contribution in [3.63, 3.8) is 0 Å². The normalized spacial score (nSPS) is 22.5. The van der Waals surface area contributed by atoms with Gasteiger partial charge < -0.3 is 15.7 Å². The molecule has 1 saturated heterocycles. The molecule has 1 aliphatic heterocycles. The number of carboxylic acids is 1. The monoisotopic (exact) mass is 326 g/mol. The van der Waals surface area contributed by atoms with Crippen LogP contribution < -0.4 is 10.6 Å². The zero-order chi connectivity index (χ0) is 14.2. The number of hydrogen-bond donors (Lipinski definition) is 2. The van der Waals surface area contributed by atoms with Crippen LogP contribution in [0.1, 0.15) is 23.7 Å². The summed E-state index contributed by atoms with van der Waals surface area (Å²) in [5.41, 5.74) is 6.29. The van der Waals surface area contributed by atoms with Crippen LogP contribution in [0, 0.1) is 5.92 Å². The lowest BCUT2D eigenvalue weighted by atomic mass is 10.0. The highest BCUT2D eigenvalue weighted by Crippen LogP contribution is 2.33. The number of amides is 1. The van der Waals surface area contributed by atoms with E-state index in [9.17, 15) is 14.7 Å². The molecular formula is C13H15BrN2O3. The highest BCUT2D eigenvalue weighted by molar-refractivity contribution is 9.10. The third-order valence-corrected chi connectivity index (χ3v) is 3.98. The molecule has 1 amide bonds. The molecule has 0 spiro atoms. The van der Waals surface area contributed by atoms with Gasteiger partial charge in [-0.1, -0.05) is 22.9 Å². The highest BCUT2D eigenvalue weighted by atomic mass is 79.9. The molecule has 5 nitrogen and oxygen atoms in total. The fourth-order valence-electron chi connectivity index (χ4n) is 2.54. The molecule has 0 radical (unpaired) electrons. The Morgan fingerprint density at radius 2 is 2.16 bits per heavy atom. The van der Waals surface area contributed by atoms with E-state index in [2.05, 4.69) is 15.9 Å². The van der Waals surface area contributed by atoms with E-state index < -0.39 is 17.9 Å². The van der Waals surface area contributed by atoms with Crippen molar-refractivity contribution in [2.45, 2.75) is 19.4 Å². The first-order chi connectivity index (χ1) is 8.91. The van der Waals surface area contributed by atoms with Crippen LogP contribution in [0.5, 0.6) is 0 Å². The number of halogens is 1. The first-order valence-corrected chi connectivity index (χ1v) is 6.80. The molecule has 102 valence electrons. The maximum absolute atomic E-state index is 11.5. The van der Waals surface area contributed by atoms with Crippen molar-refractivity contribution in [2.75, 3.05) is 11.4 Å². The molecule has 0 aromatic heterocycles. The zero-order valence-corrected chi connectivity index (χ0v) is 12.1. The molecule has 0 saturated carbocycles. The molecule has 1 heterocycles. The van der Waals surface area contributed by atoms with E-state index >= 15 is 0 Å². The average Bonchev–Trinajstić information content (AvgIpc) is 2.70. The molecule has 1 aliphatic rings. The average molecular weight is 327 g/mol. The summed E-state index contributed by atoms with van der Waals surface area (Å²) in [7, 11) is 0. The lowest BCUT2D eigenvalue weighted by molar-refractivity contribution is -0.139. The van der Waals surface area contributed by atoms with Gasteiger partial charge in [0.1, 0.15) is 6.04 Å². The topological polar surface area (TPSA) is 83.6 Å². The lowest BCUT2D eigenvalue weighted by Crippen LogP contribution is -2.40. The van der Waals surface area contributed by atoms with Crippen molar-refractivity contribution in [1.82, 2.24) is 0 Å². The maximum atomic E-state index is 11.5. The van der Waals surface area contributed by atoms with Gasteiger partial charge >= 0.3 is 5.97 Å². The molecule has 6 heteroatoms. The molecule has 2 unspecified atom stereocenters. The molecule has 2 rings (SSSR count). The van der Waals surface area contributed by atoms with E-state index in [1.807, 2.05) is 6.92 Å². The number of nitrogens with two attached hydrogens (primary N) is 1. The highest BCUT2D eigenvalue weighted by Gasteiger charge is 2.38. The number of carbonyl (C=O) groups is 2. The van der Waals surface area contributed by atoms with Crippen LogP contribution in [0.25, 0.3) is 0 Å². The summed E-state index contributed by atoms with van der Waals surface area (Å²) in [6, 6.07) is 4.46. The summed E-state index contributed by atoms with van der Waals surface area (Å²) in [5, 5.41) is 9.34. The number of hydrogen-bond acceptors (Lipinski definition) is 3. The van der Waals surface area contributed by atoms with Gasteiger partial charge in [-0.3, -0.25) is 4.79 Å². The number of carboxylic acid groups (broad SMARTS) is 1. The van der Waals surface area contributed by atoms with Crippen LogP contribution in [0.3, 0.4) is 0 Å². The van der Waals surface area contributed by atoms with Gasteiger partial charge in [0.05, 0.1) is 11.3 Å². The number of nitrogens with zero attached hydrogens (tertiary/aromatic N) is 1. The number of aliphatic carboxylic acids is 1. The van der Waals surface area contributed by atoms with Gasteiger partial charge in [0.2, 0.25) is 0 Å². The summed E-state index contributed by atoms with van der Waals surface area (Å²) < 4.78 is 0.788. The van der Waals surface area contributed by atoms with Crippen molar-refractivity contribution in [3.05, 3.63) is 28.2 Å². The third kappa shape index (κ3) is 2.58. The van der Waals surface area contributed by atoms with E-state index in [1.165, 1.54) is 0 Å². The van der Waals surface area contributed by atoms with Gasteiger partial charge in [-0.2, -0.15) is 0 Å². The Kier molecular flexibility index (Phi) is 3.80. The van der Waals surface area contributed by atoms with Crippen LogP contribution >= 0.6 is 15.9 Å². The van der Waals surface area contributed by atoms with Gasteiger partial charge in [0.15, 0.2) is 0 Å². The van der Waals surface area contributed by atoms with Crippen molar-refractivity contribution in [3.8, 4) is 0 Å². The minimum atomic E-state index is -0.875. The quantitative estimate of drug-likeness (QED) is 0.887. The molecule has 1 aromatic rings. The largest absolute Gasteiger partial charge is 0.480 e. The zero-order valence-electron chi connectivity index (χ0n) is 10.5.